The van der Waals surface area contributed by atoms with Gasteiger partial charge in [-0.1, -0.05) is 6.08 Å². The number of imidazole rings is 1. The summed E-state index contributed by atoms with van der Waals surface area (Å²) in [7, 11) is 1.30. The van der Waals surface area contributed by atoms with E-state index in [1.807, 2.05) is 12.1 Å². The summed E-state index contributed by atoms with van der Waals surface area (Å²) in [6.07, 6.45) is 2.99. The van der Waals surface area contributed by atoms with Crippen molar-refractivity contribution in [3.8, 4) is 12.1 Å². The van der Waals surface area contributed by atoms with Crippen molar-refractivity contribution in [1.82, 2.24) is 9.55 Å². The first-order chi connectivity index (χ1) is 8.13. The molecule has 0 atom stereocenters. The van der Waals surface area contributed by atoms with Gasteiger partial charge in [-0.25, -0.2) is 9.78 Å². The molecule has 0 bridgehead atoms. The van der Waals surface area contributed by atoms with E-state index in [1.54, 1.807) is 13.0 Å². The van der Waals surface area contributed by atoms with E-state index < -0.39 is 5.97 Å². The summed E-state index contributed by atoms with van der Waals surface area (Å²) >= 11 is 0. The fourth-order valence-electron chi connectivity index (χ4n) is 1.20. The number of methoxy groups -OCH3 is 1. The van der Waals surface area contributed by atoms with E-state index in [0.717, 1.165) is 0 Å². The van der Waals surface area contributed by atoms with Gasteiger partial charge in [0, 0.05) is 12.1 Å². The molecule has 0 fully saturated rings. The summed E-state index contributed by atoms with van der Waals surface area (Å²) < 4.78 is 6.02. The van der Waals surface area contributed by atoms with Gasteiger partial charge in [0.1, 0.15) is 12.1 Å². The minimum atomic E-state index is -0.427. The highest BCUT2D eigenvalue weighted by atomic mass is 16.5. The lowest BCUT2D eigenvalue weighted by Gasteiger charge is -2.01. The van der Waals surface area contributed by atoms with E-state index >= 15 is 0 Å². The van der Waals surface area contributed by atoms with E-state index in [-0.39, 0.29) is 11.4 Å². The highest BCUT2D eigenvalue weighted by Crippen LogP contribution is 2.06. The molecule has 17 heavy (non-hydrogen) atoms. The van der Waals surface area contributed by atoms with Crippen LogP contribution in [0.5, 0.6) is 0 Å². The number of rotatable bonds is 3. The van der Waals surface area contributed by atoms with Gasteiger partial charge < -0.3 is 9.30 Å². The molecule has 0 unspecified atom stereocenters. The van der Waals surface area contributed by atoms with Gasteiger partial charge in [-0.3, -0.25) is 0 Å². The van der Waals surface area contributed by atoms with Crippen LogP contribution in [-0.2, 0) is 16.1 Å². The molecule has 0 aliphatic carbocycles. The molecule has 0 N–H and O–H groups in total. The second-order valence-corrected chi connectivity index (χ2v) is 3.20. The molecule has 0 aliphatic heterocycles. The lowest BCUT2D eigenvalue weighted by Crippen LogP contribution is -2.04. The Morgan fingerprint density at radius 1 is 1.59 bits per heavy atom. The summed E-state index contributed by atoms with van der Waals surface area (Å²) in [5.74, 6) is -0.427. The predicted octanol–water partition coefficient (Wildman–Crippen LogP) is 0.746. The maximum absolute atomic E-state index is 11.1. The Morgan fingerprint density at radius 2 is 2.29 bits per heavy atom. The maximum Gasteiger partial charge on any atom is 0.333 e. The zero-order valence-corrected chi connectivity index (χ0v) is 9.47. The van der Waals surface area contributed by atoms with Gasteiger partial charge in [-0.2, -0.15) is 10.5 Å². The summed E-state index contributed by atoms with van der Waals surface area (Å²) in [6.45, 7) is 1.90. The van der Waals surface area contributed by atoms with Crippen LogP contribution in [0.25, 0.3) is 0 Å². The van der Waals surface area contributed by atoms with E-state index in [0.29, 0.717) is 12.1 Å². The number of nitrogens with zero attached hydrogens (tertiary/aromatic N) is 4. The van der Waals surface area contributed by atoms with Crippen LogP contribution in [0.4, 0.5) is 0 Å². The number of carbonyl (C=O) groups excluding carboxylic acids is 1. The van der Waals surface area contributed by atoms with Crippen LogP contribution < -0.4 is 0 Å². The number of allylic oxidation sites excluding steroid dienone is 1. The minimum absolute atomic E-state index is 0.0802. The van der Waals surface area contributed by atoms with E-state index in [9.17, 15) is 4.79 Å². The molecule has 0 aromatic carbocycles. The van der Waals surface area contributed by atoms with Crippen molar-refractivity contribution in [2.45, 2.75) is 13.5 Å². The largest absolute Gasteiger partial charge is 0.466 e. The van der Waals surface area contributed by atoms with Crippen LogP contribution in [0.1, 0.15) is 18.3 Å². The smallest absolute Gasteiger partial charge is 0.333 e. The third kappa shape index (κ3) is 2.70. The molecule has 0 spiro atoms. The summed E-state index contributed by atoms with van der Waals surface area (Å²) in [5.41, 5.74) is 0.696. The molecule has 1 aromatic rings. The molecule has 0 saturated carbocycles. The predicted molar refractivity (Wildman–Crippen MR) is 57.4 cm³/mol. The fraction of sp³-hybridized carbons (Fsp3) is 0.273. The Balaban J connectivity index is 2.92. The highest BCUT2D eigenvalue weighted by molar-refractivity contribution is 5.87. The van der Waals surface area contributed by atoms with E-state index in [2.05, 4.69) is 9.72 Å². The third-order valence-corrected chi connectivity index (χ3v) is 2.15. The molecule has 86 valence electrons. The number of esters is 1. The van der Waals surface area contributed by atoms with Crippen molar-refractivity contribution in [1.29, 1.82) is 10.5 Å². The molecule has 6 nitrogen and oxygen atoms in total. The van der Waals surface area contributed by atoms with Crippen LogP contribution in [-0.4, -0.2) is 22.6 Å². The molecule has 1 rings (SSSR count). The lowest BCUT2D eigenvalue weighted by molar-refractivity contribution is -0.136. The van der Waals surface area contributed by atoms with Gasteiger partial charge in [-0.05, 0) is 6.92 Å². The second-order valence-electron chi connectivity index (χ2n) is 3.20. The summed E-state index contributed by atoms with van der Waals surface area (Å²) in [5, 5.41) is 17.6. The standard InChI is InChI=1S/C11H10N4O2/c1-8(11(16)17-2)3-4-15-7-14-9(5-12)10(15)6-13/h3,7H,4H2,1-2H3. The minimum Gasteiger partial charge on any atom is -0.466 e. The Labute approximate surface area is 98.4 Å². The average molecular weight is 230 g/mol. The van der Waals surface area contributed by atoms with Crippen molar-refractivity contribution >= 4 is 5.97 Å². The van der Waals surface area contributed by atoms with Gasteiger partial charge in [0.15, 0.2) is 11.4 Å². The summed E-state index contributed by atoms with van der Waals surface area (Å²) in [4.78, 5) is 14.9. The Hall–Kier alpha value is -2.60. The monoisotopic (exact) mass is 230 g/mol. The first-order valence-corrected chi connectivity index (χ1v) is 4.74. The Kier molecular flexibility index (Phi) is 4.02. The first-order valence-electron chi connectivity index (χ1n) is 4.74. The zero-order valence-electron chi connectivity index (χ0n) is 9.47. The van der Waals surface area contributed by atoms with Gasteiger partial charge in [0.2, 0.25) is 0 Å². The Bertz CT molecular complexity index is 543. The average Bonchev–Trinajstić information content (AvgIpc) is 2.76. The molecule has 6 heteroatoms. The Morgan fingerprint density at radius 3 is 2.82 bits per heavy atom. The normalized spacial score (nSPS) is 10.5. The number of carbonyl (C=O) groups is 1. The number of hydrogen-bond donors (Lipinski definition) is 0. The molecule has 1 heterocycles. The van der Waals surface area contributed by atoms with Crippen LogP contribution >= 0.6 is 0 Å². The molecule has 0 radical (unpaired) electrons. The lowest BCUT2D eigenvalue weighted by atomic mass is 10.3. The SMILES string of the molecule is COC(=O)C(C)=CCn1cnc(C#N)c1C#N. The second kappa shape index (κ2) is 5.47. The zero-order chi connectivity index (χ0) is 12.8. The number of ether oxygens (including phenoxy) is 1. The maximum atomic E-state index is 11.1. The van der Waals surface area contributed by atoms with Crippen molar-refractivity contribution < 1.29 is 9.53 Å². The van der Waals surface area contributed by atoms with Crippen molar-refractivity contribution in [3.63, 3.8) is 0 Å². The summed E-state index contributed by atoms with van der Waals surface area (Å²) in [6, 6.07) is 3.72. The molecular formula is C11H10N4O2. The number of nitriles is 2. The fourth-order valence-corrected chi connectivity index (χ4v) is 1.20. The van der Waals surface area contributed by atoms with Crippen LogP contribution in [0, 0.1) is 22.7 Å². The van der Waals surface area contributed by atoms with Gasteiger partial charge >= 0.3 is 5.97 Å². The highest BCUT2D eigenvalue weighted by Gasteiger charge is 2.09. The van der Waals surface area contributed by atoms with E-state index in [4.69, 9.17) is 10.5 Å². The topological polar surface area (TPSA) is 91.7 Å². The van der Waals surface area contributed by atoms with Crippen LogP contribution in [0.3, 0.4) is 0 Å². The quantitative estimate of drug-likeness (QED) is 0.564. The van der Waals surface area contributed by atoms with Gasteiger partial charge in [0.05, 0.1) is 13.4 Å². The third-order valence-electron chi connectivity index (χ3n) is 2.15. The molecule has 1 aromatic heterocycles. The first kappa shape index (κ1) is 12.5. The number of hydrogen-bond acceptors (Lipinski definition) is 5. The van der Waals surface area contributed by atoms with Gasteiger partial charge in [0.25, 0.3) is 0 Å². The van der Waals surface area contributed by atoms with Crippen LogP contribution in [0.2, 0.25) is 0 Å². The van der Waals surface area contributed by atoms with Crippen LogP contribution in [0.15, 0.2) is 18.0 Å². The van der Waals surface area contributed by atoms with Gasteiger partial charge in [-0.15, -0.1) is 0 Å². The molecule has 0 saturated heterocycles. The molecular weight excluding hydrogens is 220 g/mol. The van der Waals surface area contributed by atoms with Crippen molar-refractivity contribution in [2.24, 2.45) is 0 Å². The van der Waals surface area contributed by atoms with E-state index in [1.165, 1.54) is 18.0 Å². The molecule has 0 amide bonds. The number of aromatic nitrogens is 2. The van der Waals surface area contributed by atoms with Crippen molar-refractivity contribution in [2.75, 3.05) is 7.11 Å². The molecule has 0 aliphatic rings. The van der Waals surface area contributed by atoms with Crippen molar-refractivity contribution in [3.05, 3.63) is 29.4 Å².